The predicted molar refractivity (Wildman–Crippen MR) is 66.6 cm³/mol. The molecule has 1 unspecified atom stereocenters. The predicted octanol–water partition coefficient (Wildman–Crippen LogP) is 1.15. The topological polar surface area (TPSA) is 58.4 Å². The summed E-state index contributed by atoms with van der Waals surface area (Å²) in [5, 5.41) is 3.25. The Morgan fingerprint density at radius 1 is 1.53 bits per heavy atom. The molecule has 1 N–H and O–H groups in total. The molecular formula is C11H18ClN3O2. The molecule has 1 aromatic rings. The molecule has 0 spiro atoms. The monoisotopic (exact) mass is 259 g/mol. The van der Waals surface area contributed by atoms with E-state index < -0.39 is 0 Å². The van der Waals surface area contributed by atoms with Gasteiger partial charge in [0.15, 0.2) is 5.89 Å². The highest BCUT2D eigenvalue weighted by Crippen LogP contribution is 2.15. The van der Waals surface area contributed by atoms with Crippen molar-refractivity contribution in [3.05, 3.63) is 17.3 Å². The van der Waals surface area contributed by atoms with E-state index in [9.17, 15) is 4.79 Å². The number of carbonyl (C=O) groups excluding carboxylic acids is 1. The summed E-state index contributed by atoms with van der Waals surface area (Å²) in [6, 6.07) is 0.200. The highest BCUT2D eigenvalue weighted by molar-refractivity contribution is 5.92. The zero-order valence-electron chi connectivity index (χ0n) is 10.3. The number of aryl methyl sites for hydroxylation is 2. The third-order valence-corrected chi connectivity index (χ3v) is 2.86. The normalized spacial score (nSPS) is 19.9. The maximum Gasteiger partial charge on any atom is 0.291 e. The minimum Gasteiger partial charge on any atom is -0.436 e. The summed E-state index contributed by atoms with van der Waals surface area (Å²) in [5.74, 6) is 0.877. The quantitative estimate of drug-likeness (QED) is 0.822. The number of oxazole rings is 1. The lowest BCUT2D eigenvalue weighted by molar-refractivity contribution is 0.0620. The third-order valence-electron chi connectivity index (χ3n) is 2.86. The number of aromatic nitrogens is 1. The van der Waals surface area contributed by atoms with Crippen LogP contribution in [0.5, 0.6) is 0 Å². The fourth-order valence-corrected chi connectivity index (χ4v) is 2.00. The number of piperazine rings is 1. The Hall–Kier alpha value is -1.07. The van der Waals surface area contributed by atoms with Gasteiger partial charge in [-0.1, -0.05) is 0 Å². The van der Waals surface area contributed by atoms with Crippen LogP contribution in [0.4, 0.5) is 0 Å². The molecule has 0 bridgehead atoms. The van der Waals surface area contributed by atoms with Crippen molar-refractivity contribution in [2.75, 3.05) is 19.6 Å². The van der Waals surface area contributed by atoms with Gasteiger partial charge in [0.05, 0.1) is 5.69 Å². The van der Waals surface area contributed by atoms with Gasteiger partial charge in [0.25, 0.3) is 5.91 Å². The van der Waals surface area contributed by atoms with Crippen LogP contribution >= 0.6 is 12.4 Å². The van der Waals surface area contributed by atoms with Crippen molar-refractivity contribution in [3.8, 4) is 0 Å². The molecule has 1 saturated heterocycles. The average molecular weight is 260 g/mol. The molecule has 2 heterocycles. The van der Waals surface area contributed by atoms with Crippen molar-refractivity contribution in [1.29, 1.82) is 0 Å². The largest absolute Gasteiger partial charge is 0.436 e. The van der Waals surface area contributed by atoms with E-state index >= 15 is 0 Å². The van der Waals surface area contributed by atoms with Gasteiger partial charge in [0.2, 0.25) is 5.76 Å². The lowest BCUT2D eigenvalue weighted by Gasteiger charge is -2.33. The van der Waals surface area contributed by atoms with Gasteiger partial charge in [-0.3, -0.25) is 4.79 Å². The van der Waals surface area contributed by atoms with Crippen LogP contribution in [-0.4, -0.2) is 41.5 Å². The van der Waals surface area contributed by atoms with Crippen molar-refractivity contribution in [3.63, 3.8) is 0 Å². The zero-order chi connectivity index (χ0) is 11.7. The Morgan fingerprint density at radius 3 is 2.76 bits per heavy atom. The number of nitrogens with zero attached hydrogens (tertiary/aromatic N) is 2. The van der Waals surface area contributed by atoms with Crippen LogP contribution in [0.15, 0.2) is 4.42 Å². The first-order valence-electron chi connectivity index (χ1n) is 5.55. The number of carbonyl (C=O) groups is 1. The summed E-state index contributed by atoms with van der Waals surface area (Å²) in [7, 11) is 0. The van der Waals surface area contributed by atoms with Crippen molar-refractivity contribution < 1.29 is 9.21 Å². The second-order valence-electron chi connectivity index (χ2n) is 4.20. The van der Waals surface area contributed by atoms with Crippen LogP contribution in [0.2, 0.25) is 0 Å². The number of nitrogens with one attached hydrogen (secondary N) is 1. The van der Waals surface area contributed by atoms with E-state index in [1.165, 1.54) is 0 Å². The number of hydrogen-bond donors (Lipinski definition) is 1. The Morgan fingerprint density at radius 2 is 2.24 bits per heavy atom. The summed E-state index contributed by atoms with van der Waals surface area (Å²) in [6.45, 7) is 7.98. The standard InChI is InChI=1S/C11H17N3O2.ClH/c1-7-6-12-4-5-14(7)11(15)10-8(2)13-9(3)16-10;/h7,12H,4-6H2,1-3H3;1H. The molecule has 1 amide bonds. The number of hydrogen-bond acceptors (Lipinski definition) is 4. The Balaban J connectivity index is 0.00000144. The van der Waals surface area contributed by atoms with Gasteiger partial charge in [-0.25, -0.2) is 4.98 Å². The van der Waals surface area contributed by atoms with Gasteiger partial charge in [-0.05, 0) is 13.8 Å². The second-order valence-corrected chi connectivity index (χ2v) is 4.20. The molecule has 0 aliphatic carbocycles. The van der Waals surface area contributed by atoms with Crippen LogP contribution in [0.25, 0.3) is 0 Å². The van der Waals surface area contributed by atoms with Crippen molar-refractivity contribution in [2.45, 2.75) is 26.8 Å². The number of amides is 1. The number of halogens is 1. The van der Waals surface area contributed by atoms with Gasteiger partial charge in [0, 0.05) is 32.6 Å². The molecule has 1 aliphatic rings. The Bertz CT molecular complexity index is 405. The van der Waals surface area contributed by atoms with Crippen molar-refractivity contribution in [2.24, 2.45) is 0 Å². The molecule has 1 aliphatic heterocycles. The molecule has 5 nitrogen and oxygen atoms in total. The maximum absolute atomic E-state index is 12.2. The van der Waals surface area contributed by atoms with Gasteiger partial charge in [-0.2, -0.15) is 0 Å². The summed E-state index contributed by atoms with van der Waals surface area (Å²) < 4.78 is 5.35. The minimum atomic E-state index is -0.0490. The second kappa shape index (κ2) is 5.51. The van der Waals surface area contributed by atoms with Gasteiger partial charge >= 0.3 is 0 Å². The Kier molecular flexibility index (Phi) is 4.54. The van der Waals surface area contributed by atoms with Gasteiger partial charge in [0.1, 0.15) is 0 Å². The highest BCUT2D eigenvalue weighted by atomic mass is 35.5. The third kappa shape index (κ3) is 2.79. The molecule has 17 heavy (non-hydrogen) atoms. The molecule has 2 rings (SSSR count). The molecule has 1 aromatic heterocycles. The summed E-state index contributed by atoms with van der Waals surface area (Å²) >= 11 is 0. The van der Waals surface area contributed by atoms with Crippen LogP contribution in [0, 0.1) is 13.8 Å². The summed E-state index contributed by atoms with van der Waals surface area (Å²) in [5.41, 5.74) is 0.674. The van der Waals surface area contributed by atoms with Crippen molar-refractivity contribution >= 4 is 18.3 Å². The highest BCUT2D eigenvalue weighted by Gasteiger charge is 2.27. The summed E-state index contributed by atoms with van der Waals surface area (Å²) in [6.07, 6.45) is 0. The first-order valence-corrected chi connectivity index (χ1v) is 5.55. The molecule has 1 fully saturated rings. The van der Waals surface area contributed by atoms with E-state index in [1.54, 1.807) is 13.8 Å². The van der Waals surface area contributed by atoms with E-state index in [1.807, 2.05) is 11.8 Å². The molecule has 0 saturated carbocycles. The van der Waals surface area contributed by atoms with E-state index in [0.29, 0.717) is 17.3 Å². The molecule has 6 heteroatoms. The van der Waals surface area contributed by atoms with E-state index in [-0.39, 0.29) is 24.4 Å². The fraction of sp³-hybridized carbons (Fsp3) is 0.636. The lowest BCUT2D eigenvalue weighted by atomic mass is 10.2. The average Bonchev–Trinajstić information content (AvgIpc) is 2.58. The first kappa shape index (κ1) is 14.0. The van der Waals surface area contributed by atoms with Crippen molar-refractivity contribution in [1.82, 2.24) is 15.2 Å². The summed E-state index contributed by atoms with van der Waals surface area (Å²) in [4.78, 5) is 18.2. The minimum absolute atomic E-state index is 0. The van der Waals surface area contributed by atoms with E-state index in [2.05, 4.69) is 10.3 Å². The smallest absolute Gasteiger partial charge is 0.291 e. The van der Waals surface area contributed by atoms with Crippen LogP contribution in [0.3, 0.4) is 0 Å². The zero-order valence-corrected chi connectivity index (χ0v) is 11.1. The maximum atomic E-state index is 12.2. The van der Waals surface area contributed by atoms with Gasteiger partial charge < -0.3 is 14.6 Å². The number of rotatable bonds is 1. The van der Waals surface area contributed by atoms with E-state index in [0.717, 1.165) is 19.6 Å². The molecule has 1 atom stereocenters. The molecule has 96 valence electrons. The SMILES string of the molecule is Cc1nc(C)c(C(=O)N2CCNCC2C)o1.Cl. The van der Waals surface area contributed by atoms with Crippen LogP contribution in [0.1, 0.15) is 29.1 Å². The first-order chi connectivity index (χ1) is 7.59. The fourth-order valence-electron chi connectivity index (χ4n) is 2.00. The molecular weight excluding hydrogens is 242 g/mol. The molecule has 0 aromatic carbocycles. The van der Waals surface area contributed by atoms with Crippen LogP contribution in [-0.2, 0) is 0 Å². The molecule has 0 radical (unpaired) electrons. The van der Waals surface area contributed by atoms with E-state index in [4.69, 9.17) is 4.42 Å². The lowest BCUT2D eigenvalue weighted by Crippen LogP contribution is -2.52. The van der Waals surface area contributed by atoms with Gasteiger partial charge in [-0.15, -0.1) is 12.4 Å². The van der Waals surface area contributed by atoms with Crippen LogP contribution < -0.4 is 5.32 Å². The Labute approximate surface area is 107 Å².